The fourth-order valence-electron chi connectivity index (χ4n) is 4.63. The average Bonchev–Trinajstić information content (AvgIpc) is 3.38. The monoisotopic (exact) mass is 536 g/mol. The maximum Gasteiger partial charge on any atom is 0.297 e. The molecule has 0 aliphatic carbocycles. The van der Waals surface area contributed by atoms with Crippen molar-refractivity contribution in [3.05, 3.63) is 79.9 Å². The summed E-state index contributed by atoms with van der Waals surface area (Å²) in [6.45, 7) is 8.78. The molecule has 0 bridgehead atoms. The van der Waals surface area contributed by atoms with E-state index >= 15 is 0 Å². The zero-order chi connectivity index (χ0) is 27.0. The van der Waals surface area contributed by atoms with Gasteiger partial charge in [0.15, 0.2) is 22.1 Å². The average molecular weight is 537 g/mol. The number of carbonyl (C=O) groups excluding carboxylic acids is 1. The van der Waals surface area contributed by atoms with Gasteiger partial charge < -0.3 is 13.9 Å². The zero-order valence-electron chi connectivity index (χ0n) is 21.8. The third-order valence-electron chi connectivity index (χ3n) is 6.64. The maximum atomic E-state index is 14.1. The van der Waals surface area contributed by atoms with Gasteiger partial charge in [0.2, 0.25) is 5.76 Å². The highest BCUT2D eigenvalue weighted by Gasteiger charge is 2.45. The van der Waals surface area contributed by atoms with Crippen molar-refractivity contribution in [2.45, 2.75) is 53.0 Å². The van der Waals surface area contributed by atoms with Crippen LogP contribution in [0.1, 0.15) is 71.4 Å². The van der Waals surface area contributed by atoms with Crippen LogP contribution in [-0.2, 0) is 0 Å². The zero-order valence-corrected chi connectivity index (χ0v) is 22.6. The maximum absolute atomic E-state index is 14.1. The fourth-order valence-corrected chi connectivity index (χ4v) is 5.57. The molecule has 7 nitrogen and oxygen atoms in total. The van der Waals surface area contributed by atoms with E-state index in [2.05, 4.69) is 11.9 Å². The number of aryl methyl sites for hydroxylation is 2. The number of carbonyl (C=O) groups is 1. The minimum Gasteiger partial charge on any atom is -0.490 e. The smallest absolute Gasteiger partial charge is 0.297 e. The van der Waals surface area contributed by atoms with Crippen LogP contribution in [0.2, 0.25) is 0 Å². The van der Waals surface area contributed by atoms with Gasteiger partial charge in [-0.1, -0.05) is 25.8 Å². The molecule has 1 unspecified atom stereocenters. The van der Waals surface area contributed by atoms with Crippen LogP contribution >= 0.6 is 11.3 Å². The number of unbranched alkanes of at least 4 members (excludes halogenated alkanes) is 2. The van der Waals surface area contributed by atoms with Gasteiger partial charge in [0.05, 0.1) is 35.9 Å². The van der Waals surface area contributed by atoms with Crippen LogP contribution < -0.4 is 19.8 Å². The summed E-state index contributed by atoms with van der Waals surface area (Å²) in [5.74, 6) is 0.0145. The largest absolute Gasteiger partial charge is 0.490 e. The summed E-state index contributed by atoms with van der Waals surface area (Å²) in [4.78, 5) is 34.6. The number of thiazole rings is 1. The lowest BCUT2D eigenvalue weighted by atomic mass is 9.98. The SMILES string of the molecule is CCCCCOc1ccc(C2c3c(oc4ccc(F)cc4c3=O)C(=O)N2c2nc(C)c(C)s2)cc1OCC. The fraction of sp³-hybridized carbons (Fsp3) is 0.345. The van der Waals surface area contributed by atoms with Gasteiger partial charge >= 0.3 is 0 Å². The highest BCUT2D eigenvalue weighted by molar-refractivity contribution is 7.15. The second-order valence-corrected chi connectivity index (χ2v) is 10.4. The third-order valence-corrected chi connectivity index (χ3v) is 7.72. The summed E-state index contributed by atoms with van der Waals surface area (Å²) in [5, 5.41) is 0.532. The molecule has 3 heterocycles. The van der Waals surface area contributed by atoms with Gasteiger partial charge in [-0.15, -0.1) is 11.3 Å². The molecule has 2 aromatic carbocycles. The van der Waals surface area contributed by atoms with Crippen molar-refractivity contribution >= 4 is 33.3 Å². The summed E-state index contributed by atoms with van der Waals surface area (Å²) < 4.78 is 31.9. The first-order chi connectivity index (χ1) is 18.3. The summed E-state index contributed by atoms with van der Waals surface area (Å²) in [7, 11) is 0. The molecule has 2 aromatic heterocycles. The third kappa shape index (κ3) is 4.55. The molecule has 0 radical (unpaired) electrons. The number of hydrogen-bond donors (Lipinski definition) is 0. The van der Waals surface area contributed by atoms with Crippen LogP contribution in [0.25, 0.3) is 11.0 Å². The van der Waals surface area contributed by atoms with Gasteiger partial charge in [-0.2, -0.15) is 0 Å². The number of halogens is 1. The molecule has 1 amide bonds. The Balaban J connectivity index is 1.68. The van der Waals surface area contributed by atoms with E-state index in [-0.39, 0.29) is 22.3 Å². The quantitative estimate of drug-likeness (QED) is 0.221. The van der Waals surface area contributed by atoms with E-state index in [1.54, 1.807) is 12.1 Å². The Labute approximate surface area is 223 Å². The van der Waals surface area contributed by atoms with Crippen LogP contribution in [0.3, 0.4) is 0 Å². The number of benzene rings is 2. The second-order valence-electron chi connectivity index (χ2n) is 9.22. The normalized spacial score (nSPS) is 14.8. The van der Waals surface area contributed by atoms with Crippen LogP contribution in [0.15, 0.2) is 45.6 Å². The molecule has 0 fully saturated rings. The molecule has 38 heavy (non-hydrogen) atoms. The molecule has 0 saturated carbocycles. The number of anilines is 1. The minimum atomic E-state index is -0.834. The molecule has 1 atom stereocenters. The van der Waals surface area contributed by atoms with Gasteiger partial charge in [0.25, 0.3) is 5.91 Å². The van der Waals surface area contributed by atoms with Crippen molar-refractivity contribution < 1.29 is 23.1 Å². The first-order valence-corrected chi connectivity index (χ1v) is 13.6. The number of hydrogen-bond acceptors (Lipinski definition) is 7. The van der Waals surface area contributed by atoms with Crippen LogP contribution in [0.4, 0.5) is 9.52 Å². The van der Waals surface area contributed by atoms with E-state index in [0.717, 1.165) is 35.9 Å². The Hall–Kier alpha value is -3.72. The molecule has 0 saturated heterocycles. The number of ether oxygens (including phenoxy) is 2. The van der Waals surface area contributed by atoms with Gasteiger partial charge in [-0.3, -0.25) is 14.5 Å². The van der Waals surface area contributed by atoms with Crippen molar-refractivity contribution in [1.29, 1.82) is 0 Å². The number of aromatic nitrogens is 1. The van der Waals surface area contributed by atoms with Crippen molar-refractivity contribution in [3.63, 3.8) is 0 Å². The Bertz CT molecular complexity index is 1560. The van der Waals surface area contributed by atoms with Gasteiger partial charge in [0.1, 0.15) is 11.4 Å². The molecule has 9 heteroatoms. The highest BCUT2D eigenvalue weighted by atomic mass is 32.1. The number of rotatable bonds is 9. The summed E-state index contributed by atoms with van der Waals surface area (Å²) in [6.07, 6.45) is 3.08. The van der Waals surface area contributed by atoms with Crippen LogP contribution in [0.5, 0.6) is 11.5 Å². The van der Waals surface area contributed by atoms with Gasteiger partial charge in [0, 0.05) is 4.88 Å². The standard InChI is InChI=1S/C29H29FN2O5S/c1-5-7-8-13-36-22-11-9-18(14-23(22)35-6-2)25-24-26(33)20-15-19(30)10-12-21(20)37-27(24)28(34)32(25)29-31-16(3)17(4)38-29/h9-12,14-15,25H,5-8,13H2,1-4H3. The number of fused-ring (bicyclic) bond motifs is 2. The number of amides is 1. The molecular formula is C29H29FN2O5S. The molecule has 5 rings (SSSR count). The molecule has 0 spiro atoms. The minimum absolute atomic E-state index is 0.0672. The molecule has 1 aliphatic heterocycles. The predicted octanol–water partition coefficient (Wildman–Crippen LogP) is 6.72. The Morgan fingerprint density at radius 2 is 1.87 bits per heavy atom. The lowest BCUT2D eigenvalue weighted by Crippen LogP contribution is -2.29. The van der Waals surface area contributed by atoms with Crippen molar-refractivity contribution in [3.8, 4) is 11.5 Å². The molecule has 0 N–H and O–H groups in total. The summed E-state index contributed by atoms with van der Waals surface area (Å²) in [6, 6.07) is 8.29. The van der Waals surface area contributed by atoms with Crippen molar-refractivity contribution in [2.24, 2.45) is 0 Å². The van der Waals surface area contributed by atoms with E-state index < -0.39 is 23.2 Å². The van der Waals surface area contributed by atoms with E-state index in [9.17, 15) is 14.0 Å². The lowest BCUT2D eigenvalue weighted by Gasteiger charge is -2.23. The lowest BCUT2D eigenvalue weighted by molar-refractivity contribution is 0.0971. The first kappa shape index (κ1) is 25.9. The van der Waals surface area contributed by atoms with Gasteiger partial charge in [-0.05, 0) is 63.1 Å². The first-order valence-electron chi connectivity index (χ1n) is 12.8. The Morgan fingerprint density at radius 3 is 2.58 bits per heavy atom. The summed E-state index contributed by atoms with van der Waals surface area (Å²) >= 11 is 1.36. The molecular weight excluding hydrogens is 507 g/mol. The molecule has 4 aromatic rings. The van der Waals surface area contributed by atoms with Gasteiger partial charge in [-0.25, -0.2) is 9.37 Å². The highest BCUT2D eigenvalue weighted by Crippen LogP contribution is 2.44. The van der Waals surface area contributed by atoms with E-state index in [4.69, 9.17) is 13.9 Å². The van der Waals surface area contributed by atoms with Crippen molar-refractivity contribution in [1.82, 2.24) is 4.98 Å². The van der Waals surface area contributed by atoms with E-state index in [1.165, 1.54) is 28.4 Å². The van der Waals surface area contributed by atoms with E-state index in [0.29, 0.717) is 35.4 Å². The predicted molar refractivity (Wildman–Crippen MR) is 145 cm³/mol. The van der Waals surface area contributed by atoms with Crippen LogP contribution in [-0.4, -0.2) is 24.1 Å². The van der Waals surface area contributed by atoms with Crippen molar-refractivity contribution in [2.75, 3.05) is 18.1 Å². The molecule has 198 valence electrons. The Morgan fingerprint density at radius 1 is 1.05 bits per heavy atom. The Kier molecular flexibility index (Phi) is 7.21. The van der Waals surface area contributed by atoms with E-state index in [1.807, 2.05) is 26.8 Å². The molecule has 1 aliphatic rings. The number of nitrogens with zero attached hydrogens (tertiary/aromatic N) is 2. The van der Waals surface area contributed by atoms with Crippen LogP contribution in [0, 0.1) is 19.7 Å². The topological polar surface area (TPSA) is 81.9 Å². The second kappa shape index (κ2) is 10.6. The summed E-state index contributed by atoms with van der Waals surface area (Å²) in [5.41, 5.74) is 1.28.